The van der Waals surface area contributed by atoms with Crippen molar-refractivity contribution in [1.82, 2.24) is 0 Å². The molecule has 5 aliphatic rings. The fraction of sp³-hybridized carbons (Fsp3) is 0.875. The Labute approximate surface area is 53.4 Å². The van der Waals surface area contributed by atoms with Crippen LogP contribution in [0.3, 0.4) is 0 Å². The Morgan fingerprint density at radius 2 is 1.89 bits per heavy atom. The lowest BCUT2D eigenvalue weighted by Crippen LogP contribution is -2.33. The fourth-order valence-corrected chi connectivity index (χ4v) is 3.64. The second kappa shape index (κ2) is 0.727. The monoisotopic (exact) mass is 120 g/mol. The van der Waals surface area contributed by atoms with E-state index in [1.54, 1.807) is 0 Å². The molecule has 4 atom stereocenters. The lowest BCUT2D eigenvalue weighted by molar-refractivity contribution is -0.132. The number of carbonyl (C=O) groups excluding carboxylic acids is 1. The van der Waals surface area contributed by atoms with Crippen molar-refractivity contribution in [2.24, 2.45) is 35.5 Å². The van der Waals surface area contributed by atoms with Crippen LogP contribution in [-0.2, 0) is 4.79 Å². The quantitative estimate of drug-likeness (QED) is 0.460. The van der Waals surface area contributed by atoms with Gasteiger partial charge >= 0.3 is 0 Å². The Balaban J connectivity index is 1.91. The molecular weight excluding hydrogens is 112 g/mol. The first kappa shape index (κ1) is 3.75. The molecule has 0 radical (unpaired) electrons. The van der Waals surface area contributed by atoms with E-state index < -0.39 is 0 Å². The Morgan fingerprint density at radius 3 is 2.33 bits per heavy atom. The van der Waals surface area contributed by atoms with Gasteiger partial charge in [0.15, 0.2) is 0 Å². The topological polar surface area (TPSA) is 17.1 Å². The first-order chi connectivity index (χ1) is 4.39. The standard InChI is InChI=1S/C8H8O/c9-3-1-2-4(3)6-7-5(2)8(6)7/h2,4-8H,1H2/t2-,4-,5?,6?,7?,8?/m0/s1. The highest BCUT2D eigenvalue weighted by molar-refractivity contribution is 5.90. The van der Waals surface area contributed by atoms with E-state index in [1.807, 2.05) is 0 Å². The highest BCUT2D eigenvalue weighted by Gasteiger charge is 2.87. The van der Waals surface area contributed by atoms with Gasteiger partial charge in [0.1, 0.15) is 5.78 Å². The van der Waals surface area contributed by atoms with Crippen molar-refractivity contribution < 1.29 is 4.79 Å². The van der Waals surface area contributed by atoms with Crippen molar-refractivity contribution in [2.75, 3.05) is 0 Å². The lowest BCUT2D eigenvalue weighted by atomic mass is 9.75. The number of rotatable bonds is 0. The van der Waals surface area contributed by atoms with Crippen molar-refractivity contribution in [3.05, 3.63) is 0 Å². The molecule has 0 aliphatic heterocycles. The van der Waals surface area contributed by atoms with Crippen LogP contribution in [-0.4, -0.2) is 5.78 Å². The van der Waals surface area contributed by atoms with Gasteiger partial charge < -0.3 is 0 Å². The first-order valence-electron chi connectivity index (χ1n) is 3.92. The molecule has 0 aromatic rings. The molecule has 5 saturated carbocycles. The third-order valence-corrected chi connectivity index (χ3v) is 4.12. The lowest BCUT2D eigenvalue weighted by Gasteiger charge is -2.27. The SMILES string of the molecule is O=C1C[C@@H]2C3C4C3C4[C@H]12. The van der Waals surface area contributed by atoms with Crippen LogP contribution in [0.1, 0.15) is 6.42 Å². The minimum Gasteiger partial charge on any atom is -0.299 e. The largest absolute Gasteiger partial charge is 0.299 e. The first-order valence-corrected chi connectivity index (χ1v) is 3.92. The van der Waals surface area contributed by atoms with Crippen molar-refractivity contribution in [3.8, 4) is 0 Å². The molecule has 0 heterocycles. The van der Waals surface area contributed by atoms with Gasteiger partial charge in [-0.2, -0.15) is 0 Å². The van der Waals surface area contributed by atoms with Gasteiger partial charge in [0, 0.05) is 12.3 Å². The van der Waals surface area contributed by atoms with Crippen LogP contribution in [0, 0.1) is 35.5 Å². The Bertz CT molecular complexity index is 223. The van der Waals surface area contributed by atoms with Crippen LogP contribution >= 0.6 is 0 Å². The molecule has 46 valence electrons. The molecule has 0 N–H and O–H groups in total. The van der Waals surface area contributed by atoms with E-state index in [4.69, 9.17) is 0 Å². The summed E-state index contributed by atoms with van der Waals surface area (Å²) in [7, 11) is 0. The van der Waals surface area contributed by atoms with Crippen LogP contribution < -0.4 is 0 Å². The maximum absolute atomic E-state index is 11.0. The zero-order valence-electron chi connectivity index (χ0n) is 5.08. The van der Waals surface area contributed by atoms with Crippen LogP contribution in [0.25, 0.3) is 0 Å². The summed E-state index contributed by atoms with van der Waals surface area (Å²) >= 11 is 0. The van der Waals surface area contributed by atoms with E-state index in [-0.39, 0.29) is 0 Å². The summed E-state index contributed by atoms with van der Waals surface area (Å²) in [5, 5.41) is 0. The molecule has 5 fully saturated rings. The molecule has 2 bridgehead atoms. The molecule has 0 amide bonds. The molecule has 0 spiro atoms. The van der Waals surface area contributed by atoms with E-state index in [2.05, 4.69) is 0 Å². The molecule has 9 heavy (non-hydrogen) atoms. The van der Waals surface area contributed by atoms with Crippen LogP contribution in [0.15, 0.2) is 0 Å². The van der Waals surface area contributed by atoms with Gasteiger partial charge in [-0.25, -0.2) is 0 Å². The van der Waals surface area contributed by atoms with Crippen molar-refractivity contribution in [3.63, 3.8) is 0 Å². The third kappa shape index (κ3) is 0.194. The van der Waals surface area contributed by atoms with Crippen molar-refractivity contribution in [2.45, 2.75) is 6.42 Å². The smallest absolute Gasteiger partial charge is 0.136 e. The fourth-order valence-electron chi connectivity index (χ4n) is 3.64. The predicted octanol–water partition coefficient (Wildman–Crippen LogP) is 0.697. The summed E-state index contributed by atoms with van der Waals surface area (Å²) in [5.74, 6) is 6.25. The molecule has 0 aromatic heterocycles. The highest BCUT2D eigenvalue weighted by atomic mass is 16.1. The number of hydrogen-bond acceptors (Lipinski definition) is 1. The van der Waals surface area contributed by atoms with Crippen LogP contribution in [0.2, 0.25) is 0 Å². The molecule has 1 heteroatoms. The molecule has 5 aliphatic carbocycles. The minimum atomic E-state index is 0.595. The molecule has 5 rings (SSSR count). The zero-order valence-corrected chi connectivity index (χ0v) is 5.08. The van der Waals surface area contributed by atoms with E-state index in [0.29, 0.717) is 11.7 Å². The summed E-state index contributed by atoms with van der Waals surface area (Å²) in [5.41, 5.74) is 0. The van der Waals surface area contributed by atoms with E-state index >= 15 is 0 Å². The van der Waals surface area contributed by atoms with Crippen LogP contribution in [0.5, 0.6) is 0 Å². The van der Waals surface area contributed by atoms with E-state index in [9.17, 15) is 4.79 Å². The van der Waals surface area contributed by atoms with Gasteiger partial charge in [-0.05, 0) is 29.6 Å². The Morgan fingerprint density at radius 1 is 1.11 bits per heavy atom. The Hall–Kier alpha value is -0.330. The van der Waals surface area contributed by atoms with Gasteiger partial charge in [0.2, 0.25) is 0 Å². The molecule has 1 nitrogen and oxygen atoms in total. The summed E-state index contributed by atoms with van der Waals surface area (Å²) in [6.07, 6.45) is 0.957. The van der Waals surface area contributed by atoms with Crippen molar-refractivity contribution in [1.29, 1.82) is 0 Å². The number of Topliss-reactive ketones (excluding diaryl/α,β-unsaturated/α-hetero) is 1. The summed E-state index contributed by atoms with van der Waals surface area (Å²) in [4.78, 5) is 11.0. The second-order valence-electron chi connectivity index (χ2n) is 4.17. The van der Waals surface area contributed by atoms with Gasteiger partial charge in [0.05, 0.1) is 0 Å². The highest BCUT2D eigenvalue weighted by Crippen LogP contribution is 2.88. The summed E-state index contributed by atoms with van der Waals surface area (Å²) < 4.78 is 0. The summed E-state index contributed by atoms with van der Waals surface area (Å²) in [6.45, 7) is 0. The zero-order chi connectivity index (χ0) is 5.75. The number of hydrogen-bond donors (Lipinski definition) is 0. The normalized spacial score (nSPS) is 78.9. The second-order valence-corrected chi connectivity index (χ2v) is 4.17. The average molecular weight is 120 g/mol. The van der Waals surface area contributed by atoms with E-state index in [0.717, 1.165) is 36.0 Å². The van der Waals surface area contributed by atoms with Crippen molar-refractivity contribution >= 4 is 5.78 Å². The predicted molar refractivity (Wildman–Crippen MR) is 30.6 cm³/mol. The van der Waals surface area contributed by atoms with Gasteiger partial charge in [-0.1, -0.05) is 0 Å². The third-order valence-electron chi connectivity index (χ3n) is 4.12. The summed E-state index contributed by atoms with van der Waals surface area (Å²) in [6, 6.07) is 0. The van der Waals surface area contributed by atoms with Gasteiger partial charge in [0.25, 0.3) is 0 Å². The maximum atomic E-state index is 11.0. The van der Waals surface area contributed by atoms with Gasteiger partial charge in [-0.15, -0.1) is 0 Å². The van der Waals surface area contributed by atoms with Crippen LogP contribution in [0.4, 0.5) is 0 Å². The number of ketones is 1. The average Bonchev–Trinajstić information content (AvgIpc) is 2.62. The number of carbonyl (C=O) groups is 1. The molecule has 2 unspecified atom stereocenters. The molecule has 0 aromatic carbocycles. The van der Waals surface area contributed by atoms with E-state index in [1.165, 1.54) is 0 Å². The molecule has 0 saturated heterocycles. The Kier molecular flexibility index (Phi) is 0.302. The molecular formula is C8H8O. The minimum absolute atomic E-state index is 0.595. The van der Waals surface area contributed by atoms with Gasteiger partial charge in [-0.3, -0.25) is 4.79 Å². The maximum Gasteiger partial charge on any atom is 0.136 e.